The summed E-state index contributed by atoms with van der Waals surface area (Å²) in [6.07, 6.45) is 45.4. The molecule has 0 saturated heterocycles. The Morgan fingerprint density at radius 1 is 0.585 bits per heavy atom. The number of nitrogens with two attached hydrogens (primary N) is 1. The Morgan fingerprint density at radius 2 is 1.04 bits per heavy atom. The standard InChI is InChI=1S/C43H76NO8P/c1-3-5-7-9-11-13-15-17-19-20-22-23-25-27-29-31-33-35-42(45)49-39-41(40-51-53(47,48)50-38-37-44)52-43(46)36-34-32-30-28-26-24-21-18-16-14-12-10-8-6-4-2/h6,8,12,14,17-19,21,26,28,41H,3-5,7,9-11,13,15-16,20,22-25,27,29-40,44H2,1-2H3,(H,47,48)/b8-6-,14-12-,19-17-,21-18-,28-26-. The number of carbonyl (C=O) groups is 2. The topological polar surface area (TPSA) is 134 Å². The SMILES string of the molecule is CC/C=C\C/C=C\C/C=C\C/C=C\CCCCC(=O)OC(COC(=O)CCCCCCCCC/C=C\CCCCCCCC)COP(=O)(O)OCCN. The smallest absolute Gasteiger partial charge is 0.462 e. The van der Waals surface area contributed by atoms with E-state index in [1.165, 1.54) is 64.2 Å². The van der Waals surface area contributed by atoms with E-state index >= 15 is 0 Å². The van der Waals surface area contributed by atoms with Crippen LogP contribution in [0.3, 0.4) is 0 Å². The molecule has 0 aromatic heterocycles. The molecule has 3 N–H and O–H groups in total. The monoisotopic (exact) mass is 766 g/mol. The number of phosphoric acid groups is 1. The van der Waals surface area contributed by atoms with Crippen LogP contribution < -0.4 is 5.73 Å². The number of hydrogen-bond acceptors (Lipinski definition) is 8. The van der Waals surface area contributed by atoms with Crippen LogP contribution >= 0.6 is 7.82 Å². The van der Waals surface area contributed by atoms with Gasteiger partial charge >= 0.3 is 19.8 Å². The summed E-state index contributed by atoms with van der Waals surface area (Å²) in [6, 6.07) is 0. The summed E-state index contributed by atoms with van der Waals surface area (Å²) in [6.45, 7) is 3.55. The number of hydrogen-bond donors (Lipinski definition) is 2. The highest BCUT2D eigenvalue weighted by molar-refractivity contribution is 7.47. The number of ether oxygens (including phenoxy) is 2. The maximum absolute atomic E-state index is 12.5. The van der Waals surface area contributed by atoms with Crippen molar-refractivity contribution in [3.8, 4) is 0 Å². The third-order valence-electron chi connectivity index (χ3n) is 8.39. The molecular formula is C43H76NO8P. The molecule has 0 aliphatic carbocycles. The first kappa shape index (κ1) is 50.7. The molecule has 306 valence electrons. The first-order valence-corrected chi connectivity index (χ1v) is 22.3. The highest BCUT2D eigenvalue weighted by Gasteiger charge is 2.25. The van der Waals surface area contributed by atoms with E-state index in [1.807, 2.05) is 0 Å². The Hall–Kier alpha value is -2.29. The Kier molecular flexibility index (Phi) is 37.7. The van der Waals surface area contributed by atoms with Crippen LogP contribution in [0.1, 0.15) is 168 Å². The van der Waals surface area contributed by atoms with Gasteiger partial charge in [0.05, 0.1) is 13.2 Å². The summed E-state index contributed by atoms with van der Waals surface area (Å²) in [5.41, 5.74) is 5.34. The zero-order valence-corrected chi connectivity index (χ0v) is 34.4. The average molecular weight is 766 g/mol. The maximum Gasteiger partial charge on any atom is 0.472 e. The minimum Gasteiger partial charge on any atom is -0.462 e. The van der Waals surface area contributed by atoms with Crippen LogP contribution in [0.2, 0.25) is 0 Å². The summed E-state index contributed by atoms with van der Waals surface area (Å²) < 4.78 is 32.7. The second-order valence-electron chi connectivity index (χ2n) is 13.5. The van der Waals surface area contributed by atoms with Crippen molar-refractivity contribution in [3.05, 3.63) is 60.8 Å². The van der Waals surface area contributed by atoms with E-state index < -0.39 is 32.5 Å². The van der Waals surface area contributed by atoms with Gasteiger partial charge in [-0.1, -0.05) is 139 Å². The largest absolute Gasteiger partial charge is 0.472 e. The van der Waals surface area contributed by atoms with Crippen molar-refractivity contribution in [2.45, 2.75) is 174 Å². The summed E-state index contributed by atoms with van der Waals surface area (Å²) in [7, 11) is -4.39. The zero-order chi connectivity index (χ0) is 38.9. The lowest BCUT2D eigenvalue weighted by molar-refractivity contribution is -0.161. The van der Waals surface area contributed by atoms with Crippen LogP contribution in [0.15, 0.2) is 60.8 Å². The van der Waals surface area contributed by atoms with E-state index in [0.29, 0.717) is 6.42 Å². The molecule has 0 heterocycles. The Balaban J connectivity index is 4.25. The molecule has 0 rings (SSSR count). The second kappa shape index (κ2) is 39.4. The van der Waals surface area contributed by atoms with Crippen LogP contribution in [-0.2, 0) is 32.7 Å². The van der Waals surface area contributed by atoms with Crippen LogP contribution in [0.5, 0.6) is 0 Å². The maximum atomic E-state index is 12.5. The van der Waals surface area contributed by atoms with E-state index in [4.69, 9.17) is 24.3 Å². The van der Waals surface area contributed by atoms with Crippen molar-refractivity contribution in [2.75, 3.05) is 26.4 Å². The molecule has 2 atom stereocenters. The van der Waals surface area contributed by atoms with Crippen molar-refractivity contribution in [1.29, 1.82) is 0 Å². The minimum absolute atomic E-state index is 0.0435. The molecule has 9 nitrogen and oxygen atoms in total. The summed E-state index contributed by atoms with van der Waals surface area (Å²) in [4.78, 5) is 34.8. The molecule has 53 heavy (non-hydrogen) atoms. The van der Waals surface area contributed by atoms with E-state index in [2.05, 4.69) is 74.6 Å². The van der Waals surface area contributed by atoms with E-state index in [-0.39, 0.29) is 32.6 Å². The number of carbonyl (C=O) groups excluding carboxylic acids is 2. The third-order valence-corrected chi connectivity index (χ3v) is 9.37. The molecular weight excluding hydrogens is 689 g/mol. The Morgan fingerprint density at radius 3 is 1.60 bits per heavy atom. The van der Waals surface area contributed by atoms with Crippen LogP contribution in [-0.4, -0.2) is 49.3 Å². The van der Waals surface area contributed by atoms with Crippen molar-refractivity contribution in [2.24, 2.45) is 5.73 Å². The zero-order valence-electron chi connectivity index (χ0n) is 33.5. The predicted molar refractivity (Wildman–Crippen MR) is 219 cm³/mol. The lowest BCUT2D eigenvalue weighted by Crippen LogP contribution is -2.29. The highest BCUT2D eigenvalue weighted by Crippen LogP contribution is 2.43. The van der Waals surface area contributed by atoms with Gasteiger partial charge in [-0.2, -0.15) is 0 Å². The number of unbranched alkanes of at least 4 members (excludes halogenated alkanes) is 15. The number of esters is 2. The van der Waals surface area contributed by atoms with Crippen molar-refractivity contribution in [1.82, 2.24) is 0 Å². The third kappa shape index (κ3) is 39.2. The quantitative estimate of drug-likeness (QED) is 0.0272. The molecule has 10 heteroatoms. The first-order chi connectivity index (χ1) is 25.8. The summed E-state index contributed by atoms with van der Waals surface area (Å²) in [5, 5.41) is 0. The van der Waals surface area contributed by atoms with Gasteiger partial charge in [0.15, 0.2) is 6.10 Å². The van der Waals surface area contributed by atoms with Crippen molar-refractivity contribution in [3.63, 3.8) is 0 Å². The van der Waals surface area contributed by atoms with E-state index in [1.54, 1.807) is 0 Å². The number of phosphoric ester groups is 1. The fourth-order valence-corrected chi connectivity index (χ4v) is 6.09. The molecule has 0 amide bonds. The number of allylic oxidation sites excluding steroid dienone is 10. The molecule has 0 bridgehead atoms. The Labute approximate surface area is 323 Å². The van der Waals surface area contributed by atoms with Crippen molar-refractivity contribution < 1.29 is 37.6 Å². The molecule has 0 radical (unpaired) electrons. The molecule has 0 fully saturated rings. The molecule has 0 aromatic rings. The molecule has 0 aromatic carbocycles. The van der Waals surface area contributed by atoms with Crippen molar-refractivity contribution >= 4 is 19.8 Å². The van der Waals surface area contributed by atoms with E-state index in [0.717, 1.165) is 70.6 Å². The lowest BCUT2D eigenvalue weighted by atomic mass is 10.1. The van der Waals surface area contributed by atoms with Crippen LogP contribution in [0.4, 0.5) is 0 Å². The van der Waals surface area contributed by atoms with E-state index in [9.17, 15) is 19.0 Å². The highest BCUT2D eigenvalue weighted by atomic mass is 31.2. The molecule has 0 aliphatic rings. The number of rotatable bonds is 38. The molecule has 0 spiro atoms. The molecule has 0 aliphatic heterocycles. The Bertz CT molecular complexity index is 1050. The van der Waals surface area contributed by atoms with Gasteiger partial charge in [0.1, 0.15) is 6.61 Å². The van der Waals surface area contributed by atoms with Gasteiger partial charge in [-0.05, 0) is 77.0 Å². The first-order valence-electron chi connectivity index (χ1n) is 20.8. The summed E-state index contributed by atoms with van der Waals surface area (Å²) >= 11 is 0. The molecule has 0 saturated carbocycles. The summed E-state index contributed by atoms with van der Waals surface area (Å²) in [5.74, 6) is -0.886. The normalized spacial score (nSPS) is 14.0. The second-order valence-corrected chi connectivity index (χ2v) is 14.9. The van der Waals surface area contributed by atoms with Gasteiger partial charge in [0.25, 0.3) is 0 Å². The van der Waals surface area contributed by atoms with Gasteiger partial charge in [-0.3, -0.25) is 18.6 Å². The van der Waals surface area contributed by atoms with Gasteiger partial charge in [0, 0.05) is 19.4 Å². The van der Waals surface area contributed by atoms with Crippen LogP contribution in [0, 0.1) is 0 Å². The fraction of sp³-hybridized carbons (Fsp3) is 0.721. The predicted octanol–water partition coefficient (Wildman–Crippen LogP) is 11.7. The molecule has 2 unspecified atom stereocenters. The minimum atomic E-state index is -4.39. The fourth-order valence-electron chi connectivity index (χ4n) is 5.32. The van der Waals surface area contributed by atoms with Crippen LogP contribution in [0.25, 0.3) is 0 Å². The van der Waals surface area contributed by atoms with Gasteiger partial charge < -0.3 is 20.1 Å². The van der Waals surface area contributed by atoms with Gasteiger partial charge in [-0.15, -0.1) is 0 Å². The average Bonchev–Trinajstić information content (AvgIpc) is 3.14. The lowest BCUT2D eigenvalue weighted by Gasteiger charge is -2.19. The van der Waals surface area contributed by atoms with Gasteiger partial charge in [0.2, 0.25) is 0 Å². The van der Waals surface area contributed by atoms with Gasteiger partial charge in [-0.25, -0.2) is 4.57 Å².